The average molecular weight is 341 g/mol. The lowest BCUT2D eigenvalue weighted by atomic mass is 10.2. The molecule has 0 saturated carbocycles. The Morgan fingerprint density at radius 3 is 2.65 bits per heavy atom. The lowest BCUT2D eigenvalue weighted by Gasteiger charge is -2.20. The van der Waals surface area contributed by atoms with Crippen LogP contribution < -0.4 is 14.8 Å². The summed E-state index contributed by atoms with van der Waals surface area (Å²) in [7, 11) is 3.00. The number of rotatable bonds is 5. The molecule has 6 nitrogen and oxygen atoms in total. The number of amides is 2. The molecule has 1 N–H and O–H groups in total. The maximum atomic E-state index is 12.2. The number of likely N-dealkylation sites (tertiary alicyclic amines) is 1. The molecule has 0 unspecified atom stereocenters. The van der Waals surface area contributed by atoms with Gasteiger partial charge < -0.3 is 19.7 Å². The molecule has 7 heteroatoms. The maximum Gasteiger partial charge on any atom is 0.244 e. The van der Waals surface area contributed by atoms with E-state index >= 15 is 0 Å². The van der Waals surface area contributed by atoms with Gasteiger partial charge in [-0.05, 0) is 18.9 Å². The second-order valence-electron chi connectivity index (χ2n) is 5.36. The van der Waals surface area contributed by atoms with E-state index in [0.29, 0.717) is 35.2 Å². The first-order valence-electron chi connectivity index (χ1n) is 7.54. The molecule has 1 aromatic rings. The molecule has 2 rings (SSSR count). The number of hydrogen-bond donors (Lipinski definition) is 1. The first-order valence-corrected chi connectivity index (χ1v) is 7.92. The predicted molar refractivity (Wildman–Crippen MR) is 88.2 cm³/mol. The number of carbonyl (C=O) groups is 2. The van der Waals surface area contributed by atoms with Crippen LogP contribution in [-0.4, -0.2) is 44.0 Å². The fourth-order valence-corrected chi connectivity index (χ4v) is 2.77. The molecular formula is C16H21ClN2O4. The Hall–Kier alpha value is -1.95. The van der Waals surface area contributed by atoms with Gasteiger partial charge in [0.05, 0.1) is 31.5 Å². The summed E-state index contributed by atoms with van der Waals surface area (Å²) >= 11 is 6.08. The molecule has 0 bridgehead atoms. The number of methoxy groups -OCH3 is 2. The summed E-state index contributed by atoms with van der Waals surface area (Å²) in [6, 6.07) is 3.18. The normalized spacial score (nSPS) is 15.1. The van der Waals surface area contributed by atoms with Crippen molar-refractivity contribution < 1.29 is 19.1 Å². The number of nitrogens with zero attached hydrogens (tertiary/aromatic N) is 1. The van der Waals surface area contributed by atoms with E-state index in [-0.39, 0.29) is 18.4 Å². The third-order valence-corrected chi connectivity index (χ3v) is 4.05. The van der Waals surface area contributed by atoms with E-state index in [1.54, 1.807) is 17.0 Å². The molecular weight excluding hydrogens is 320 g/mol. The maximum absolute atomic E-state index is 12.2. The van der Waals surface area contributed by atoms with Crippen LogP contribution >= 0.6 is 11.6 Å². The Morgan fingerprint density at radius 2 is 1.96 bits per heavy atom. The van der Waals surface area contributed by atoms with Crippen LogP contribution in [0.4, 0.5) is 5.69 Å². The van der Waals surface area contributed by atoms with E-state index in [0.717, 1.165) is 19.3 Å². The fraction of sp³-hybridized carbons (Fsp3) is 0.500. The minimum absolute atomic E-state index is 0.0254. The quantitative estimate of drug-likeness (QED) is 0.894. The van der Waals surface area contributed by atoms with E-state index < -0.39 is 0 Å². The topological polar surface area (TPSA) is 67.9 Å². The van der Waals surface area contributed by atoms with Crippen LogP contribution in [-0.2, 0) is 9.59 Å². The molecule has 1 saturated heterocycles. The zero-order valence-electron chi connectivity index (χ0n) is 13.4. The minimum Gasteiger partial charge on any atom is -0.495 e. The highest BCUT2D eigenvalue weighted by atomic mass is 35.5. The van der Waals surface area contributed by atoms with Gasteiger partial charge in [-0.25, -0.2) is 0 Å². The highest BCUT2D eigenvalue weighted by Gasteiger charge is 2.20. The van der Waals surface area contributed by atoms with Crippen molar-refractivity contribution in [2.45, 2.75) is 25.7 Å². The number of anilines is 1. The third-order valence-electron chi connectivity index (χ3n) is 3.75. The number of ether oxygens (including phenoxy) is 2. The van der Waals surface area contributed by atoms with Crippen LogP contribution in [0.5, 0.6) is 11.5 Å². The molecule has 1 heterocycles. The van der Waals surface area contributed by atoms with Crippen molar-refractivity contribution in [1.82, 2.24) is 4.90 Å². The SMILES string of the molecule is COc1cc(OC)c(NC(=O)CN2CCCCCC2=O)cc1Cl. The molecule has 1 aromatic carbocycles. The Kier molecular flexibility index (Phi) is 6.10. The Bertz CT molecular complexity index is 592. The van der Waals surface area contributed by atoms with Gasteiger partial charge in [0.1, 0.15) is 11.5 Å². The van der Waals surface area contributed by atoms with Crippen molar-refractivity contribution in [1.29, 1.82) is 0 Å². The Balaban J connectivity index is 2.07. The third kappa shape index (κ3) is 4.51. The number of benzene rings is 1. The van der Waals surface area contributed by atoms with Gasteiger partial charge in [0, 0.05) is 19.0 Å². The van der Waals surface area contributed by atoms with E-state index in [1.807, 2.05) is 0 Å². The van der Waals surface area contributed by atoms with E-state index in [2.05, 4.69) is 5.32 Å². The molecule has 1 fully saturated rings. The molecule has 0 aliphatic carbocycles. The van der Waals surface area contributed by atoms with Gasteiger partial charge in [-0.15, -0.1) is 0 Å². The van der Waals surface area contributed by atoms with Crippen LogP contribution in [0, 0.1) is 0 Å². The van der Waals surface area contributed by atoms with Gasteiger partial charge in [-0.1, -0.05) is 18.0 Å². The zero-order chi connectivity index (χ0) is 16.8. The summed E-state index contributed by atoms with van der Waals surface area (Å²) in [6.07, 6.45) is 3.34. The zero-order valence-corrected chi connectivity index (χ0v) is 14.1. The molecule has 126 valence electrons. The summed E-state index contributed by atoms with van der Waals surface area (Å²) in [5, 5.41) is 3.11. The standard InChI is InChI=1S/C16H21ClN2O4/c1-22-13-9-14(23-2)12(8-11(13)17)18-15(20)10-19-7-5-3-4-6-16(19)21/h8-9H,3-7,10H2,1-2H3,(H,18,20). The average Bonchev–Trinajstić information content (AvgIpc) is 2.72. The molecule has 0 spiro atoms. The molecule has 0 radical (unpaired) electrons. The summed E-state index contributed by atoms with van der Waals surface area (Å²) in [5.41, 5.74) is 0.450. The minimum atomic E-state index is -0.278. The number of halogens is 1. The van der Waals surface area contributed by atoms with Gasteiger partial charge in [0.15, 0.2) is 0 Å². The highest BCUT2D eigenvalue weighted by Crippen LogP contribution is 2.35. The fourth-order valence-electron chi connectivity index (χ4n) is 2.53. The lowest BCUT2D eigenvalue weighted by molar-refractivity contribution is -0.134. The molecule has 1 aliphatic heterocycles. The largest absolute Gasteiger partial charge is 0.495 e. The van der Waals surface area contributed by atoms with Crippen molar-refractivity contribution in [2.75, 3.05) is 32.6 Å². The van der Waals surface area contributed by atoms with Gasteiger partial charge in [0.2, 0.25) is 11.8 Å². The van der Waals surface area contributed by atoms with E-state index in [4.69, 9.17) is 21.1 Å². The number of nitrogens with one attached hydrogen (secondary N) is 1. The van der Waals surface area contributed by atoms with E-state index in [9.17, 15) is 9.59 Å². The van der Waals surface area contributed by atoms with Crippen molar-refractivity contribution >= 4 is 29.1 Å². The van der Waals surface area contributed by atoms with Crippen LogP contribution in [0.3, 0.4) is 0 Å². The molecule has 0 aromatic heterocycles. The summed E-state index contributed by atoms with van der Waals surface area (Å²) in [5.74, 6) is 0.656. The Labute approximate surface area is 140 Å². The van der Waals surface area contributed by atoms with Crippen LogP contribution in [0.15, 0.2) is 12.1 Å². The number of carbonyl (C=O) groups excluding carboxylic acids is 2. The number of hydrogen-bond acceptors (Lipinski definition) is 4. The lowest BCUT2D eigenvalue weighted by Crippen LogP contribution is -2.37. The van der Waals surface area contributed by atoms with Gasteiger partial charge in [0.25, 0.3) is 0 Å². The molecule has 2 amide bonds. The highest BCUT2D eigenvalue weighted by molar-refractivity contribution is 6.32. The first kappa shape index (κ1) is 17.4. The van der Waals surface area contributed by atoms with Crippen molar-refractivity contribution in [2.24, 2.45) is 0 Å². The van der Waals surface area contributed by atoms with Crippen LogP contribution in [0.2, 0.25) is 5.02 Å². The molecule has 0 atom stereocenters. The second kappa shape index (κ2) is 8.06. The smallest absolute Gasteiger partial charge is 0.244 e. The van der Waals surface area contributed by atoms with Crippen molar-refractivity contribution in [3.63, 3.8) is 0 Å². The second-order valence-corrected chi connectivity index (χ2v) is 5.77. The molecule has 23 heavy (non-hydrogen) atoms. The van der Waals surface area contributed by atoms with Crippen LogP contribution in [0.1, 0.15) is 25.7 Å². The first-order chi connectivity index (χ1) is 11.0. The van der Waals surface area contributed by atoms with Crippen molar-refractivity contribution in [3.8, 4) is 11.5 Å². The molecule has 1 aliphatic rings. The monoisotopic (exact) mass is 340 g/mol. The summed E-state index contributed by atoms with van der Waals surface area (Å²) in [6.45, 7) is 0.651. The van der Waals surface area contributed by atoms with Crippen LogP contribution in [0.25, 0.3) is 0 Å². The summed E-state index contributed by atoms with van der Waals surface area (Å²) < 4.78 is 10.4. The van der Waals surface area contributed by atoms with Crippen molar-refractivity contribution in [3.05, 3.63) is 17.2 Å². The Morgan fingerprint density at radius 1 is 1.22 bits per heavy atom. The van der Waals surface area contributed by atoms with Gasteiger partial charge in [-0.2, -0.15) is 0 Å². The summed E-state index contributed by atoms with van der Waals surface area (Å²) in [4.78, 5) is 25.8. The van der Waals surface area contributed by atoms with E-state index in [1.165, 1.54) is 14.2 Å². The predicted octanol–water partition coefficient (Wildman–Crippen LogP) is 2.70. The van der Waals surface area contributed by atoms with Gasteiger partial charge in [-0.3, -0.25) is 9.59 Å². The van der Waals surface area contributed by atoms with Gasteiger partial charge >= 0.3 is 0 Å².